The normalized spacial score (nSPS) is 11.7. The van der Waals surface area contributed by atoms with E-state index >= 15 is 0 Å². The van der Waals surface area contributed by atoms with Crippen molar-refractivity contribution in [3.05, 3.63) is 176 Å². The van der Waals surface area contributed by atoms with E-state index in [1.807, 2.05) is 28.7 Å². The lowest BCUT2D eigenvalue weighted by Gasteiger charge is -2.12. The maximum atomic E-state index is 5.37. The topological polar surface area (TPSA) is 38.7 Å². The molecule has 0 unspecified atom stereocenters. The highest BCUT2D eigenvalue weighted by molar-refractivity contribution is 7.27. The van der Waals surface area contributed by atoms with Gasteiger partial charge in [-0.2, -0.15) is 0 Å². The highest BCUT2D eigenvalue weighted by Crippen LogP contribution is 2.42. The van der Waals surface area contributed by atoms with Crippen LogP contribution in [0.3, 0.4) is 0 Å². The van der Waals surface area contributed by atoms with Crippen molar-refractivity contribution in [2.24, 2.45) is 0 Å². The summed E-state index contributed by atoms with van der Waals surface area (Å²) in [4.78, 5) is 15.7. The second kappa shape index (κ2) is 12.6. The lowest BCUT2D eigenvalue weighted by atomic mass is 9.99. The average molecular weight is 724 g/mol. The number of nitrogens with zero attached hydrogens (tertiary/aromatic N) is 3. The molecule has 0 aliphatic heterocycles. The first-order valence-electron chi connectivity index (χ1n) is 18.0. The zero-order valence-electron chi connectivity index (χ0n) is 28.9. The Kier molecular flexibility index (Phi) is 7.22. The van der Waals surface area contributed by atoms with Gasteiger partial charge in [0.15, 0.2) is 5.82 Å². The summed E-state index contributed by atoms with van der Waals surface area (Å²) in [5, 5.41) is 6.18. The fraction of sp³-hybridized carbons (Fsp3) is 0. The smallest absolute Gasteiger partial charge is 0.160 e. The molecule has 4 heterocycles. The number of aromatic nitrogens is 3. The minimum Gasteiger partial charge on any atom is -0.246 e. The maximum Gasteiger partial charge on any atom is 0.160 e. The molecule has 54 heavy (non-hydrogen) atoms. The van der Waals surface area contributed by atoms with Crippen LogP contribution < -0.4 is 0 Å². The third kappa shape index (κ3) is 5.12. The SMILES string of the molecule is c1ccc(-c2cc(-c3cccc(-c4nc5c6ccccc6sc5c5ccccc45)c3)nc(-c3ccc(-c4cccc5c4sc4ccccc45)cc3)n2)cc1. The third-order valence-corrected chi connectivity index (χ3v) is 12.7. The first kappa shape index (κ1) is 31.0. The van der Waals surface area contributed by atoms with Gasteiger partial charge in [0.2, 0.25) is 0 Å². The van der Waals surface area contributed by atoms with E-state index in [4.69, 9.17) is 15.0 Å². The first-order valence-corrected chi connectivity index (χ1v) is 19.6. The fourth-order valence-electron chi connectivity index (χ4n) is 7.69. The summed E-state index contributed by atoms with van der Waals surface area (Å²) in [6.45, 7) is 0. The van der Waals surface area contributed by atoms with Gasteiger partial charge in [-0.15, -0.1) is 22.7 Å². The zero-order chi connectivity index (χ0) is 35.6. The molecule has 0 fully saturated rings. The molecule has 7 aromatic carbocycles. The molecule has 0 saturated carbocycles. The lowest BCUT2D eigenvalue weighted by Crippen LogP contribution is -1.96. The molecule has 0 saturated heterocycles. The average Bonchev–Trinajstić information content (AvgIpc) is 3.83. The van der Waals surface area contributed by atoms with Crippen molar-refractivity contribution in [1.29, 1.82) is 0 Å². The highest BCUT2D eigenvalue weighted by Gasteiger charge is 2.17. The fourth-order valence-corrected chi connectivity index (χ4v) is 10.1. The van der Waals surface area contributed by atoms with Crippen molar-refractivity contribution in [2.45, 2.75) is 0 Å². The van der Waals surface area contributed by atoms with E-state index in [1.54, 1.807) is 0 Å². The predicted molar refractivity (Wildman–Crippen MR) is 230 cm³/mol. The van der Waals surface area contributed by atoms with E-state index in [0.29, 0.717) is 5.82 Å². The zero-order valence-corrected chi connectivity index (χ0v) is 30.5. The molecule has 0 spiro atoms. The number of rotatable bonds is 5. The largest absolute Gasteiger partial charge is 0.246 e. The summed E-state index contributed by atoms with van der Waals surface area (Å²) in [6.07, 6.45) is 0. The van der Waals surface area contributed by atoms with Crippen LogP contribution in [0.4, 0.5) is 0 Å². The molecule has 252 valence electrons. The number of thiophene rings is 2. The molecular formula is C49H29N3S2. The van der Waals surface area contributed by atoms with Crippen molar-refractivity contribution < 1.29 is 0 Å². The van der Waals surface area contributed by atoms with Crippen LogP contribution >= 0.6 is 22.7 Å². The van der Waals surface area contributed by atoms with Gasteiger partial charge >= 0.3 is 0 Å². The second-order valence-corrected chi connectivity index (χ2v) is 15.7. The highest BCUT2D eigenvalue weighted by atomic mass is 32.1. The Balaban J connectivity index is 1.04. The Bertz CT molecular complexity index is 3210. The van der Waals surface area contributed by atoms with Crippen LogP contribution in [-0.4, -0.2) is 15.0 Å². The molecule has 0 aliphatic rings. The second-order valence-electron chi connectivity index (χ2n) is 13.5. The Morgan fingerprint density at radius 2 is 0.889 bits per heavy atom. The van der Waals surface area contributed by atoms with Crippen molar-refractivity contribution in [3.63, 3.8) is 0 Å². The Morgan fingerprint density at radius 1 is 0.333 bits per heavy atom. The Morgan fingerprint density at radius 3 is 1.70 bits per heavy atom. The van der Waals surface area contributed by atoms with E-state index in [9.17, 15) is 0 Å². The van der Waals surface area contributed by atoms with Gasteiger partial charge < -0.3 is 0 Å². The molecule has 0 radical (unpaired) electrons. The minimum atomic E-state index is 0.693. The molecule has 4 aromatic heterocycles. The summed E-state index contributed by atoms with van der Waals surface area (Å²) in [5.74, 6) is 0.693. The van der Waals surface area contributed by atoms with Crippen molar-refractivity contribution in [1.82, 2.24) is 15.0 Å². The maximum absolute atomic E-state index is 5.37. The molecule has 5 heteroatoms. The van der Waals surface area contributed by atoms with Gasteiger partial charge in [-0.25, -0.2) is 15.0 Å². The third-order valence-electron chi connectivity index (χ3n) is 10.3. The van der Waals surface area contributed by atoms with Gasteiger partial charge in [0.05, 0.1) is 27.3 Å². The molecule has 0 amide bonds. The van der Waals surface area contributed by atoms with Gasteiger partial charge in [0.1, 0.15) is 0 Å². The summed E-state index contributed by atoms with van der Waals surface area (Å²) < 4.78 is 5.10. The van der Waals surface area contributed by atoms with Crippen molar-refractivity contribution in [3.8, 4) is 56.3 Å². The number of hydrogen-bond acceptors (Lipinski definition) is 5. The van der Waals surface area contributed by atoms with E-state index in [2.05, 4.69) is 170 Å². The number of benzene rings is 7. The Hall–Kier alpha value is -6.53. The van der Waals surface area contributed by atoms with Gasteiger partial charge in [-0.3, -0.25) is 0 Å². The Labute approximate surface area is 319 Å². The summed E-state index contributed by atoms with van der Waals surface area (Å²) >= 11 is 3.67. The molecule has 3 nitrogen and oxygen atoms in total. The predicted octanol–water partition coefficient (Wildman–Crippen LogP) is 14.1. The molecule has 11 rings (SSSR count). The lowest BCUT2D eigenvalue weighted by molar-refractivity contribution is 1.18. The van der Waals surface area contributed by atoms with Gasteiger partial charge in [-0.05, 0) is 35.4 Å². The van der Waals surface area contributed by atoms with Crippen LogP contribution in [0.1, 0.15) is 0 Å². The molecule has 11 aromatic rings. The van der Waals surface area contributed by atoms with E-state index in [0.717, 1.165) is 50.2 Å². The van der Waals surface area contributed by atoms with Gasteiger partial charge in [-0.1, -0.05) is 152 Å². The summed E-state index contributed by atoms with van der Waals surface area (Å²) in [6, 6.07) is 62.3. The van der Waals surface area contributed by atoms with Gasteiger partial charge in [0.25, 0.3) is 0 Å². The molecule has 0 N–H and O–H groups in total. The minimum absolute atomic E-state index is 0.693. The molecular weight excluding hydrogens is 695 g/mol. The number of pyridine rings is 1. The molecule has 0 aliphatic carbocycles. The summed E-state index contributed by atoms with van der Waals surface area (Å²) in [7, 11) is 0. The van der Waals surface area contributed by atoms with Crippen LogP contribution in [0.25, 0.3) is 108 Å². The van der Waals surface area contributed by atoms with Crippen LogP contribution in [0.5, 0.6) is 0 Å². The molecule has 0 atom stereocenters. The summed E-state index contributed by atoms with van der Waals surface area (Å²) in [5.41, 5.74) is 10.3. The van der Waals surface area contributed by atoms with E-state index in [1.165, 1.54) is 51.5 Å². The quantitative estimate of drug-likeness (QED) is 0.177. The van der Waals surface area contributed by atoms with Crippen molar-refractivity contribution >= 4 is 73.9 Å². The number of fused-ring (bicyclic) bond motifs is 8. The number of hydrogen-bond donors (Lipinski definition) is 0. The van der Waals surface area contributed by atoms with Crippen LogP contribution in [0.15, 0.2) is 176 Å². The first-order chi connectivity index (χ1) is 26.7. The van der Waals surface area contributed by atoms with Crippen LogP contribution in [0, 0.1) is 0 Å². The van der Waals surface area contributed by atoms with Crippen LogP contribution in [0.2, 0.25) is 0 Å². The molecule has 0 bridgehead atoms. The van der Waals surface area contributed by atoms with E-state index in [-0.39, 0.29) is 0 Å². The standard InChI is InChI=1S/C49H29N3S2/c1-2-12-31(13-3-1)41-29-42(51-49(50-41)32-26-24-30(25-27-32)35-20-11-21-38-36-16-6-8-22-43(36)53-47(35)38)33-14-10-15-34(28-33)45-37-17-4-5-18-39(37)48-46(52-45)40-19-7-9-23-44(40)54-48/h1-29H. The monoisotopic (exact) mass is 723 g/mol. The van der Waals surface area contributed by atoms with E-state index < -0.39 is 0 Å². The van der Waals surface area contributed by atoms with Crippen LogP contribution in [-0.2, 0) is 0 Å². The van der Waals surface area contributed by atoms with Gasteiger partial charge in [0, 0.05) is 63.3 Å². The van der Waals surface area contributed by atoms with Crippen molar-refractivity contribution in [2.75, 3.05) is 0 Å².